The molecule has 4 rings (SSSR count). The molecule has 0 spiro atoms. The second-order valence-electron chi connectivity index (χ2n) is 7.81. The molecule has 5 heteroatoms. The van der Waals surface area contributed by atoms with Gasteiger partial charge in [-0.3, -0.25) is 0 Å². The topological polar surface area (TPSA) is 0 Å². The normalized spacial score (nSPS) is 12.2. The molecule has 0 atom stereocenters. The molecular formula is C25H21ClF4. The Morgan fingerprint density at radius 1 is 0.833 bits per heavy atom. The molecule has 0 radical (unpaired) electrons. The van der Waals surface area contributed by atoms with Crippen molar-refractivity contribution in [2.24, 2.45) is 0 Å². The zero-order chi connectivity index (χ0) is 21.4. The summed E-state index contributed by atoms with van der Waals surface area (Å²) in [6.07, 6.45) is 5.93. The number of hydrogen-bond donors (Lipinski definition) is 0. The molecule has 3 aromatic carbocycles. The van der Waals surface area contributed by atoms with Crippen molar-refractivity contribution in [2.75, 3.05) is 0 Å². The molecule has 3 aromatic rings. The van der Waals surface area contributed by atoms with E-state index in [9.17, 15) is 13.2 Å². The largest absolute Gasteiger partial charge is 0.206 e. The second kappa shape index (κ2) is 8.43. The molecule has 1 aliphatic carbocycles. The lowest BCUT2D eigenvalue weighted by atomic mass is 9.97. The summed E-state index contributed by atoms with van der Waals surface area (Å²) in [6.45, 7) is 2.17. The first kappa shape index (κ1) is 20.9. The maximum absolute atomic E-state index is 15.3. The first-order chi connectivity index (χ1) is 14.4. The summed E-state index contributed by atoms with van der Waals surface area (Å²) in [5.41, 5.74) is 3.13. The van der Waals surface area contributed by atoms with Gasteiger partial charge in [0.05, 0.1) is 5.56 Å². The van der Waals surface area contributed by atoms with E-state index in [0.717, 1.165) is 36.1 Å². The highest BCUT2D eigenvalue weighted by Gasteiger charge is 2.27. The number of hydrogen-bond acceptors (Lipinski definition) is 0. The molecule has 0 nitrogen and oxygen atoms in total. The van der Waals surface area contributed by atoms with Gasteiger partial charge in [0.2, 0.25) is 0 Å². The summed E-state index contributed by atoms with van der Waals surface area (Å²) < 4.78 is 57.9. The highest BCUT2D eigenvalue weighted by molar-refractivity contribution is 6.31. The maximum Gasteiger partial charge on any atom is 0.145 e. The van der Waals surface area contributed by atoms with Crippen molar-refractivity contribution in [3.8, 4) is 22.3 Å². The van der Waals surface area contributed by atoms with E-state index in [4.69, 9.17) is 11.6 Å². The molecule has 156 valence electrons. The van der Waals surface area contributed by atoms with E-state index in [1.807, 2.05) is 12.1 Å². The van der Waals surface area contributed by atoms with Crippen LogP contribution in [0.1, 0.15) is 49.3 Å². The van der Waals surface area contributed by atoms with Gasteiger partial charge in [-0.25, -0.2) is 17.6 Å². The van der Waals surface area contributed by atoms with Crippen LogP contribution >= 0.6 is 11.6 Å². The fourth-order valence-electron chi connectivity index (χ4n) is 4.20. The lowest BCUT2D eigenvalue weighted by Gasteiger charge is -2.11. The minimum atomic E-state index is -1.05. The van der Waals surface area contributed by atoms with Gasteiger partial charge in [0.25, 0.3) is 0 Å². The lowest BCUT2D eigenvalue weighted by molar-refractivity contribution is 0.576. The van der Waals surface area contributed by atoms with Crippen molar-refractivity contribution in [1.29, 1.82) is 0 Å². The Kier molecular flexibility index (Phi) is 5.88. The van der Waals surface area contributed by atoms with Crippen molar-refractivity contribution in [1.82, 2.24) is 0 Å². The smallest absolute Gasteiger partial charge is 0.145 e. The van der Waals surface area contributed by atoms with E-state index in [1.54, 1.807) is 0 Å². The van der Waals surface area contributed by atoms with Gasteiger partial charge in [-0.2, -0.15) is 0 Å². The Morgan fingerprint density at radius 2 is 1.57 bits per heavy atom. The molecule has 0 N–H and O–H groups in total. The summed E-state index contributed by atoms with van der Waals surface area (Å²) in [4.78, 5) is 0. The van der Waals surface area contributed by atoms with E-state index >= 15 is 4.39 Å². The predicted molar refractivity (Wildman–Crippen MR) is 113 cm³/mol. The number of unbranched alkanes of at least 4 members (excludes halogenated alkanes) is 3. The molecule has 0 saturated heterocycles. The van der Waals surface area contributed by atoms with E-state index in [-0.39, 0.29) is 5.56 Å². The average molecular weight is 433 g/mol. The van der Waals surface area contributed by atoms with Crippen LogP contribution in [0.25, 0.3) is 22.3 Å². The van der Waals surface area contributed by atoms with Crippen LogP contribution < -0.4 is 0 Å². The van der Waals surface area contributed by atoms with Crippen LogP contribution in [0.2, 0.25) is 5.02 Å². The summed E-state index contributed by atoms with van der Waals surface area (Å²) >= 11 is 5.50. The summed E-state index contributed by atoms with van der Waals surface area (Å²) in [6, 6.07) is 8.94. The van der Waals surface area contributed by atoms with E-state index in [1.165, 1.54) is 30.9 Å². The lowest BCUT2D eigenvalue weighted by Crippen LogP contribution is -1.98. The Hall–Kier alpha value is -2.33. The van der Waals surface area contributed by atoms with Gasteiger partial charge in [0.1, 0.15) is 28.3 Å². The van der Waals surface area contributed by atoms with Crippen LogP contribution in [-0.4, -0.2) is 0 Å². The molecule has 0 unspecified atom stereocenters. The van der Waals surface area contributed by atoms with Gasteiger partial charge in [-0.05, 0) is 58.9 Å². The van der Waals surface area contributed by atoms with Crippen molar-refractivity contribution >= 4 is 11.6 Å². The SMILES string of the molecule is CCCCCCc1ccc2c(c1)Cc1c-2cc(F)c(-c2cc(F)c(Cl)c(F)c2)c1F. The van der Waals surface area contributed by atoms with Crippen molar-refractivity contribution < 1.29 is 17.6 Å². The molecule has 0 aromatic heterocycles. The van der Waals surface area contributed by atoms with Gasteiger partial charge in [0.15, 0.2) is 0 Å². The number of rotatable bonds is 6. The van der Waals surface area contributed by atoms with Crippen LogP contribution in [0.3, 0.4) is 0 Å². The molecule has 0 amide bonds. The Labute approximate surface area is 178 Å². The minimum absolute atomic E-state index is 0.209. The van der Waals surface area contributed by atoms with Crippen LogP contribution in [-0.2, 0) is 12.8 Å². The molecule has 0 aliphatic heterocycles. The van der Waals surface area contributed by atoms with Gasteiger partial charge >= 0.3 is 0 Å². The average Bonchev–Trinajstić information content (AvgIpc) is 3.07. The third-order valence-corrected chi connectivity index (χ3v) is 6.10. The fourth-order valence-corrected chi connectivity index (χ4v) is 4.30. The third-order valence-electron chi connectivity index (χ3n) is 5.74. The second-order valence-corrected chi connectivity index (χ2v) is 8.18. The number of halogens is 5. The standard InChI is InChI=1S/C25H21ClF4/c1-2-3-4-5-6-14-7-8-17-15(9-14)10-19-18(17)13-20(27)23(25(19)30)16-11-21(28)24(26)22(29)12-16/h7-9,11-13H,2-6,10H2,1H3. The van der Waals surface area contributed by atoms with Crippen molar-refractivity contribution in [3.05, 3.63) is 81.4 Å². The Balaban J connectivity index is 1.70. The highest BCUT2D eigenvalue weighted by atomic mass is 35.5. The highest BCUT2D eigenvalue weighted by Crippen LogP contribution is 2.43. The predicted octanol–water partition coefficient (Wildman–Crippen LogP) is 8.26. The Morgan fingerprint density at radius 3 is 2.27 bits per heavy atom. The van der Waals surface area contributed by atoms with Crippen molar-refractivity contribution in [2.45, 2.75) is 45.4 Å². The summed E-state index contributed by atoms with van der Waals surface area (Å²) in [5.74, 6) is -3.75. The molecule has 0 fully saturated rings. The quantitative estimate of drug-likeness (QED) is 0.163. The number of benzene rings is 3. The van der Waals surface area contributed by atoms with Gasteiger partial charge in [-0.1, -0.05) is 56.0 Å². The van der Waals surface area contributed by atoms with E-state index < -0.39 is 33.9 Å². The van der Waals surface area contributed by atoms with E-state index in [0.29, 0.717) is 17.5 Å². The van der Waals surface area contributed by atoms with Gasteiger partial charge in [0, 0.05) is 12.0 Å². The zero-order valence-corrected chi connectivity index (χ0v) is 17.4. The maximum atomic E-state index is 15.3. The third kappa shape index (κ3) is 3.74. The Bertz CT molecular complexity index is 1100. The van der Waals surface area contributed by atoms with Crippen LogP contribution in [0.15, 0.2) is 36.4 Å². The molecule has 0 heterocycles. The molecule has 1 aliphatic rings. The monoisotopic (exact) mass is 432 g/mol. The number of fused-ring (bicyclic) bond motifs is 3. The van der Waals surface area contributed by atoms with Gasteiger partial charge in [-0.15, -0.1) is 0 Å². The van der Waals surface area contributed by atoms with Crippen LogP contribution in [0.5, 0.6) is 0 Å². The summed E-state index contributed by atoms with van der Waals surface area (Å²) in [5, 5.41) is -0.695. The number of aryl methyl sites for hydroxylation is 1. The van der Waals surface area contributed by atoms with Crippen molar-refractivity contribution in [3.63, 3.8) is 0 Å². The molecule has 0 bridgehead atoms. The minimum Gasteiger partial charge on any atom is -0.206 e. The first-order valence-electron chi connectivity index (χ1n) is 10.2. The fraction of sp³-hybridized carbons (Fsp3) is 0.280. The molecule has 30 heavy (non-hydrogen) atoms. The van der Waals surface area contributed by atoms with Crippen LogP contribution in [0, 0.1) is 23.3 Å². The van der Waals surface area contributed by atoms with Gasteiger partial charge < -0.3 is 0 Å². The van der Waals surface area contributed by atoms with E-state index in [2.05, 4.69) is 13.0 Å². The summed E-state index contributed by atoms with van der Waals surface area (Å²) in [7, 11) is 0. The molecule has 0 saturated carbocycles. The first-order valence-corrected chi connectivity index (χ1v) is 10.6. The molecular weight excluding hydrogens is 412 g/mol. The van der Waals surface area contributed by atoms with Crippen LogP contribution in [0.4, 0.5) is 17.6 Å². The zero-order valence-electron chi connectivity index (χ0n) is 16.6.